The van der Waals surface area contributed by atoms with Gasteiger partial charge in [0, 0.05) is 25.7 Å². The van der Waals surface area contributed by atoms with Crippen molar-refractivity contribution < 1.29 is 8.95 Å². The van der Waals surface area contributed by atoms with E-state index in [1.807, 2.05) is 12.1 Å². The highest BCUT2D eigenvalue weighted by molar-refractivity contribution is 7.83. The van der Waals surface area contributed by atoms with Gasteiger partial charge in [0.05, 0.1) is 18.1 Å². The van der Waals surface area contributed by atoms with E-state index in [1.54, 1.807) is 0 Å². The van der Waals surface area contributed by atoms with Crippen LogP contribution in [0.2, 0.25) is 0 Å². The molecule has 2 aromatic carbocycles. The first-order valence-corrected chi connectivity index (χ1v) is 12.6. The van der Waals surface area contributed by atoms with Gasteiger partial charge < -0.3 is 4.74 Å². The molecule has 2 fully saturated rings. The number of rotatable bonds is 7. The fraction of sp³-hybridized carbons (Fsp3) is 0.520. The Balaban J connectivity index is 1.31. The van der Waals surface area contributed by atoms with E-state index < -0.39 is 11.0 Å². The van der Waals surface area contributed by atoms with Crippen LogP contribution in [-0.2, 0) is 22.1 Å². The molecule has 1 N–H and O–H groups in total. The van der Waals surface area contributed by atoms with Crippen LogP contribution in [0.4, 0.5) is 0 Å². The van der Waals surface area contributed by atoms with Crippen LogP contribution in [0, 0.1) is 0 Å². The maximum absolute atomic E-state index is 12.7. The van der Waals surface area contributed by atoms with E-state index in [0.717, 1.165) is 57.0 Å². The summed E-state index contributed by atoms with van der Waals surface area (Å²) >= 11 is 0. The average Bonchev–Trinajstić information content (AvgIpc) is 3.07. The van der Waals surface area contributed by atoms with Crippen molar-refractivity contribution >= 4 is 11.0 Å². The number of hydrogen-bond acceptors (Lipinski definition) is 3. The summed E-state index contributed by atoms with van der Waals surface area (Å²) in [7, 11) is -1.13. The van der Waals surface area contributed by atoms with E-state index in [9.17, 15) is 4.21 Å². The molecule has 1 aliphatic carbocycles. The van der Waals surface area contributed by atoms with Gasteiger partial charge in [-0.25, -0.2) is 8.93 Å². The lowest BCUT2D eigenvalue weighted by Gasteiger charge is -2.26. The second kappa shape index (κ2) is 11.2. The highest BCUT2D eigenvalue weighted by Gasteiger charge is 2.15. The standard InChI is InChI=1S/C25H34N2O2S/c28-30(26-24-5-3-1-2-4-6-24)25-13-11-23(12-14-25)22-9-7-21(8-10-22)15-16-27-17-19-29-20-18-27/h7-14,24,26H,1-6,15-20H2. The smallest absolute Gasteiger partial charge is 0.125 e. The van der Waals surface area contributed by atoms with E-state index in [-0.39, 0.29) is 0 Å². The number of morpholine rings is 1. The Hall–Kier alpha value is -1.53. The Bertz CT molecular complexity index is 793. The predicted octanol–water partition coefficient (Wildman–Crippen LogP) is 4.56. The Kier molecular flexibility index (Phi) is 8.09. The molecule has 0 aromatic heterocycles. The topological polar surface area (TPSA) is 41.6 Å². The fourth-order valence-corrected chi connectivity index (χ4v) is 5.42. The van der Waals surface area contributed by atoms with Gasteiger partial charge in [-0.05, 0) is 48.1 Å². The third-order valence-electron chi connectivity index (χ3n) is 6.30. The quantitative estimate of drug-likeness (QED) is 0.660. The Labute approximate surface area is 183 Å². The third-order valence-corrected chi connectivity index (χ3v) is 7.55. The lowest BCUT2D eigenvalue weighted by atomic mass is 10.0. The van der Waals surface area contributed by atoms with Gasteiger partial charge in [-0.3, -0.25) is 4.90 Å². The first kappa shape index (κ1) is 21.7. The van der Waals surface area contributed by atoms with Gasteiger partial charge in [0.2, 0.25) is 0 Å². The minimum absolute atomic E-state index is 0.387. The molecule has 2 aliphatic rings. The molecule has 1 aliphatic heterocycles. The minimum atomic E-state index is -1.13. The van der Waals surface area contributed by atoms with Crippen LogP contribution in [0.3, 0.4) is 0 Å². The van der Waals surface area contributed by atoms with Crippen LogP contribution in [0.25, 0.3) is 11.1 Å². The number of nitrogens with one attached hydrogen (secondary N) is 1. The van der Waals surface area contributed by atoms with Gasteiger partial charge in [0.15, 0.2) is 0 Å². The second-order valence-electron chi connectivity index (χ2n) is 8.50. The number of hydrogen-bond donors (Lipinski definition) is 1. The third kappa shape index (κ3) is 6.24. The summed E-state index contributed by atoms with van der Waals surface area (Å²) in [6.07, 6.45) is 8.47. The molecule has 1 atom stereocenters. The zero-order chi connectivity index (χ0) is 20.6. The molecule has 1 saturated carbocycles. The zero-order valence-corrected chi connectivity index (χ0v) is 18.7. The zero-order valence-electron chi connectivity index (χ0n) is 17.9. The highest BCUT2D eigenvalue weighted by atomic mass is 32.2. The van der Waals surface area contributed by atoms with Crippen LogP contribution >= 0.6 is 0 Å². The normalized spacial score (nSPS) is 20.0. The van der Waals surface area contributed by atoms with Crippen molar-refractivity contribution in [2.75, 3.05) is 32.8 Å². The van der Waals surface area contributed by atoms with Crippen LogP contribution in [0.5, 0.6) is 0 Å². The van der Waals surface area contributed by atoms with Crippen molar-refractivity contribution in [2.45, 2.75) is 55.9 Å². The monoisotopic (exact) mass is 426 g/mol. The molecule has 4 nitrogen and oxygen atoms in total. The maximum Gasteiger partial charge on any atom is 0.125 e. The van der Waals surface area contributed by atoms with Gasteiger partial charge in [-0.15, -0.1) is 0 Å². The van der Waals surface area contributed by atoms with Crippen molar-refractivity contribution in [1.82, 2.24) is 9.62 Å². The predicted molar refractivity (Wildman–Crippen MR) is 124 cm³/mol. The van der Waals surface area contributed by atoms with Crippen LogP contribution in [-0.4, -0.2) is 48.0 Å². The van der Waals surface area contributed by atoms with E-state index >= 15 is 0 Å². The fourth-order valence-electron chi connectivity index (χ4n) is 4.36. The summed E-state index contributed by atoms with van der Waals surface area (Å²) in [5, 5.41) is 0. The molecule has 162 valence electrons. The molecule has 0 spiro atoms. The largest absolute Gasteiger partial charge is 0.379 e. The van der Waals surface area contributed by atoms with E-state index in [0.29, 0.717) is 6.04 Å². The molecule has 30 heavy (non-hydrogen) atoms. The first-order valence-electron chi connectivity index (χ1n) is 11.5. The molecule has 0 bridgehead atoms. The number of nitrogens with zero attached hydrogens (tertiary/aromatic N) is 1. The molecule has 1 saturated heterocycles. The van der Waals surface area contributed by atoms with Crippen LogP contribution in [0.1, 0.15) is 44.1 Å². The molecule has 5 heteroatoms. The van der Waals surface area contributed by atoms with Gasteiger partial charge in [0.25, 0.3) is 0 Å². The SMILES string of the molecule is O=S(NC1CCCCCC1)c1ccc(-c2ccc(CCN3CCOCC3)cc2)cc1. The highest BCUT2D eigenvalue weighted by Crippen LogP contribution is 2.23. The Morgan fingerprint density at radius 1 is 0.867 bits per heavy atom. The average molecular weight is 427 g/mol. The van der Waals surface area contributed by atoms with Crippen molar-refractivity contribution in [3.63, 3.8) is 0 Å². The number of benzene rings is 2. The molecule has 0 radical (unpaired) electrons. The lowest BCUT2D eigenvalue weighted by Crippen LogP contribution is -2.37. The van der Waals surface area contributed by atoms with Crippen molar-refractivity contribution in [1.29, 1.82) is 0 Å². The van der Waals surface area contributed by atoms with Crippen molar-refractivity contribution in [2.24, 2.45) is 0 Å². The lowest BCUT2D eigenvalue weighted by molar-refractivity contribution is 0.0384. The molecule has 2 aromatic rings. The van der Waals surface area contributed by atoms with Gasteiger partial charge in [-0.1, -0.05) is 62.1 Å². The van der Waals surface area contributed by atoms with Gasteiger partial charge in [-0.2, -0.15) is 0 Å². The second-order valence-corrected chi connectivity index (χ2v) is 9.74. The van der Waals surface area contributed by atoms with Crippen LogP contribution < -0.4 is 4.72 Å². The summed E-state index contributed by atoms with van der Waals surface area (Å²) in [6.45, 7) is 4.89. The molecule has 4 rings (SSSR count). The van der Waals surface area contributed by atoms with E-state index in [1.165, 1.54) is 42.4 Å². The summed E-state index contributed by atoms with van der Waals surface area (Å²) in [4.78, 5) is 3.34. The molecule has 1 unspecified atom stereocenters. The number of ether oxygens (including phenoxy) is 1. The van der Waals surface area contributed by atoms with E-state index in [2.05, 4.69) is 46.0 Å². The Morgan fingerprint density at radius 3 is 2.10 bits per heavy atom. The first-order chi connectivity index (χ1) is 14.8. The summed E-state index contributed by atoms with van der Waals surface area (Å²) in [5.74, 6) is 0. The van der Waals surface area contributed by atoms with Gasteiger partial charge in [0.1, 0.15) is 11.0 Å². The minimum Gasteiger partial charge on any atom is -0.379 e. The summed E-state index contributed by atoms with van der Waals surface area (Å²) in [6, 6.07) is 17.4. The molecular formula is C25H34N2O2S. The molecule has 0 amide bonds. The Morgan fingerprint density at radius 2 is 1.47 bits per heavy atom. The summed E-state index contributed by atoms with van der Waals surface area (Å²) in [5.41, 5.74) is 3.75. The van der Waals surface area contributed by atoms with Crippen molar-refractivity contribution in [3.8, 4) is 11.1 Å². The van der Waals surface area contributed by atoms with Crippen molar-refractivity contribution in [3.05, 3.63) is 54.1 Å². The van der Waals surface area contributed by atoms with E-state index in [4.69, 9.17) is 4.74 Å². The summed E-state index contributed by atoms with van der Waals surface area (Å²) < 4.78 is 21.5. The van der Waals surface area contributed by atoms with Gasteiger partial charge >= 0.3 is 0 Å². The molecular weight excluding hydrogens is 392 g/mol. The van der Waals surface area contributed by atoms with Crippen LogP contribution in [0.15, 0.2) is 53.4 Å². The maximum atomic E-state index is 12.7. The molecule has 1 heterocycles.